The van der Waals surface area contributed by atoms with E-state index in [-0.39, 0.29) is 12.1 Å². The van der Waals surface area contributed by atoms with Crippen molar-refractivity contribution < 1.29 is 9.53 Å². The van der Waals surface area contributed by atoms with E-state index < -0.39 is 0 Å². The molecule has 3 atom stereocenters. The molecule has 0 spiro atoms. The van der Waals surface area contributed by atoms with Crippen LogP contribution in [0.3, 0.4) is 0 Å². The normalized spacial score (nSPS) is 38.6. The Balaban J connectivity index is 1.86. The minimum absolute atomic E-state index is 0.0208. The van der Waals surface area contributed by atoms with Gasteiger partial charge in [0.15, 0.2) is 0 Å². The molecule has 2 rings (SSSR count). The second kappa shape index (κ2) is 3.08. The lowest BCUT2D eigenvalue weighted by Crippen LogP contribution is -2.23. The first-order valence-corrected chi connectivity index (χ1v) is 4.99. The lowest BCUT2D eigenvalue weighted by atomic mass is 9.98. The van der Waals surface area contributed by atoms with Crippen molar-refractivity contribution in [1.29, 1.82) is 0 Å². The summed E-state index contributed by atoms with van der Waals surface area (Å²) in [6.07, 6.45) is 5.89. The summed E-state index contributed by atoms with van der Waals surface area (Å²) in [6, 6.07) is 0. The third-order valence-corrected chi connectivity index (χ3v) is 3.24. The highest BCUT2D eigenvalue weighted by Gasteiger charge is 2.41. The van der Waals surface area contributed by atoms with Crippen LogP contribution in [0.1, 0.15) is 39.0 Å². The number of hydrogen-bond acceptors (Lipinski definition) is 2. The average Bonchev–Trinajstić information content (AvgIpc) is 2.64. The Morgan fingerprint density at radius 1 is 1.42 bits per heavy atom. The summed E-state index contributed by atoms with van der Waals surface area (Å²) >= 11 is 0. The summed E-state index contributed by atoms with van der Waals surface area (Å²) in [5, 5.41) is 0. The second-order valence-electron chi connectivity index (χ2n) is 4.06. The minimum Gasteiger partial charge on any atom is -0.462 e. The molecule has 0 unspecified atom stereocenters. The van der Waals surface area contributed by atoms with Gasteiger partial charge in [-0.1, -0.05) is 6.92 Å². The van der Waals surface area contributed by atoms with Gasteiger partial charge in [-0.3, -0.25) is 4.79 Å². The maximum absolute atomic E-state index is 11.0. The fraction of sp³-hybridized carbons (Fsp3) is 0.900. The first-order valence-electron chi connectivity index (χ1n) is 4.99. The molecular weight excluding hydrogens is 152 g/mol. The maximum Gasteiger partial charge on any atom is 0.305 e. The van der Waals surface area contributed by atoms with Gasteiger partial charge < -0.3 is 4.74 Å². The molecule has 2 saturated carbocycles. The first-order chi connectivity index (χ1) is 5.79. The highest BCUT2D eigenvalue weighted by atomic mass is 16.5. The first kappa shape index (κ1) is 8.09. The van der Waals surface area contributed by atoms with Crippen LogP contribution in [0.15, 0.2) is 0 Å². The monoisotopic (exact) mass is 168 g/mol. The quantitative estimate of drug-likeness (QED) is 0.590. The maximum atomic E-state index is 11.0. The Morgan fingerprint density at radius 2 is 2.25 bits per heavy atom. The molecule has 0 aromatic heterocycles. The predicted molar refractivity (Wildman–Crippen MR) is 45.6 cm³/mol. The van der Waals surface area contributed by atoms with Gasteiger partial charge in [-0.2, -0.15) is 0 Å². The van der Waals surface area contributed by atoms with Crippen LogP contribution in [0.2, 0.25) is 0 Å². The summed E-state index contributed by atoms with van der Waals surface area (Å²) in [4.78, 5) is 11.0. The Hall–Kier alpha value is -0.530. The largest absolute Gasteiger partial charge is 0.462 e. The van der Waals surface area contributed by atoms with Crippen LogP contribution < -0.4 is 0 Å². The summed E-state index contributed by atoms with van der Waals surface area (Å²) < 4.78 is 5.36. The summed E-state index contributed by atoms with van der Waals surface area (Å²) in [7, 11) is 0. The number of carbonyl (C=O) groups is 1. The van der Waals surface area contributed by atoms with Gasteiger partial charge in [-0.05, 0) is 37.5 Å². The lowest BCUT2D eigenvalue weighted by Gasteiger charge is -2.21. The number of rotatable bonds is 2. The van der Waals surface area contributed by atoms with E-state index in [1.807, 2.05) is 6.92 Å². The molecule has 12 heavy (non-hydrogen) atoms. The Kier molecular flexibility index (Phi) is 2.07. The number of hydrogen-bond donors (Lipinski definition) is 0. The van der Waals surface area contributed by atoms with Crippen LogP contribution >= 0.6 is 0 Å². The van der Waals surface area contributed by atoms with Crippen molar-refractivity contribution in [2.24, 2.45) is 11.8 Å². The van der Waals surface area contributed by atoms with E-state index in [9.17, 15) is 4.79 Å². The highest BCUT2D eigenvalue weighted by molar-refractivity contribution is 5.69. The number of carbonyl (C=O) groups excluding carboxylic acids is 1. The van der Waals surface area contributed by atoms with E-state index in [1.54, 1.807) is 0 Å². The molecule has 2 nitrogen and oxygen atoms in total. The zero-order chi connectivity index (χ0) is 8.55. The number of esters is 1. The standard InChI is InChI=1S/C10H16O2/c1-2-10(11)12-9-6-7-3-4-8(9)5-7/h7-9H,2-6H2,1H3/t7-,8-,9-/m0/s1. The zero-order valence-corrected chi connectivity index (χ0v) is 7.58. The topological polar surface area (TPSA) is 26.3 Å². The molecule has 0 amide bonds. The van der Waals surface area contributed by atoms with Crippen molar-refractivity contribution >= 4 is 5.97 Å². The molecule has 0 aromatic rings. The third kappa shape index (κ3) is 1.35. The molecule has 2 bridgehead atoms. The molecule has 0 N–H and O–H groups in total. The van der Waals surface area contributed by atoms with Crippen molar-refractivity contribution in [3.8, 4) is 0 Å². The Bertz CT molecular complexity index is 188. The molecule has 2 aliphatic carbocycles. The molecule has 2 heteroatoms. The minimum atomic E-state index is -0.0208. The van der Waals surface area contributed by atoms with Gasteiger partial charge in [-0.25, -0.2) is 0 Å². The van der Waals surface area contributed by atoms with Gasteiger partial charge in [0, 0.05) is 6.42 Å². The smallest absolute Gasteiger partial charge is 0.305 e. The summed E-state index contributed by atoms with van der Waals surface area (Å²) in [6.45, 7) is 1.86. The molecule has 68 valence electrons. The SMILES string of the molecule is CCC(=O)O[C@H]1C[C@H]2CC[C@H]1C2. The van der Waals surface area contributed by atoms with Crippen LogP contribution in [0.4, 0.5) is 0 Å². The highest BCUT2D eigenvalue weighted by Crippen LogP contribution is 2.45. The molecule has 0 aromatic carbocycles. The van der Waals surface area contributed by atoms with Gasteiger partial charge >= 0.3 is 5.97 Å². The molecular formula is C10H16O2. The molecule has 2 aliphatic rings. The van der Waals surface area contributed by atoms with Crippen molar-refractivity contribution in [1.82, 2.24) is 0 Å². The van der Waals surface area contributed by atoms with Crippen molar-refractivity contribution in [3.05, 3.63) is 0 Å². The molecule has 0 aliphatic heterocycles. The van der Waals surface area contributed by atoms with E-state index in [2.05, 4.69) is 0 Å². The van der Waals surface area contributed by atoms with E-state index in [1.165, 1.54) is 19.3 Å². The van der Waals surface area contributed by atoms with E-state index in [4.69, 9.17) is 4.74 Å². The van der Waals surface area contributed by atoms with Crippen LogP contribution in [0.25, 0.3) is 0 Å². The summed E-state index contributed by atoms with van der Waals surface area (Å²) in [5.41, 5.74) is 0. The third-order valence-electron chi connectivity index (χ3n) is 3.24. The van der Waals surface area contributed by atoms with Gasteiger partial charge in [-0.15, -0.1) is 0 Å². The summed E-state index contributed by atoms with van der Waals surface area (Å²) in [5.74, 6) is 1.54. The van der Waals surface area contributed by atoms with Gasteiger partial charge in [0.05, 0.1) is 0 Å². The van der Waals surface area contributed by atoms with Gasteiger partial charge in [0.25, 0.3) is 0 Å². The van der Waals surface area contributed by atoms with Crippen molar-refractivity contribution in [3.63, 3.8) is 0 Å². The number of ether oxygens (including phenoxy) is 1. The van der Waals surface area contributed by atoms with Crippen molar-refractivity contribution in [2.45, 2.75) is 45.1 Å². The predicted octanol–water partition coefficient (Wildman–Crippen LogP) is 2.13. The van der Waals surface area contributed by atoms with Crippen LogP contribution in [0.5, 0.6) is 0 Å². The molecule has 2 fully saturated rings. The Morgan fingerprint density at radius 3 is 2.75 bits per heavy atom. The lowest BCUT2D eigenvalue weighted by molar-refractivity contribution is -0.151. The average molecular weight is 168 g/mol. The van der Waals surface area contributed by atoms with E-state index in [0.29, 0.717) is 12.3 Å². The Labute approximate surface area is 73.3 Å². The van der Waals surface area contributed by atoms with Crippen LogP contribution in [-0.2, 0) is 9.53 Å². The fourth-order valence-electron chi connectivity index (χ4n) is 2.58. The second-order valence-corrected chi connectivity index (χ2v) is 4.06. The zero-order valence-electron chi connectivity index (χ0n) is 7.58. The molecule has 0 saturated heterocycles. The van der Waals surface area contributed by atoms with Crippen LogP contribution in [-0.4, -0.2) is 12.1 Å². The van der Waals surface area contributed by atoms with Crippen LogP contribution in [0, 0.1) is 11.8 Å². The van der Waals surface area contributed by atoms with Crippen molar-refractivity contribution in [2.75, 3.05) is 0 Å². The van der Waals surface area contributed by atoms with Gasteiger partial charge in [0.1, 0.15) is 6.10 Å². The van der Waals surface area contributed by atoms with Gasteiger partial charge in [0.2, 0.25) is 0 Å². The van der Waals surface area contributed by atoms with E-state index in [0.717, 1.165) is 12.3 Å². The molecule has 0 heterocycles. The molecule has 0 radical (unpaired) electrons. The fourth-order valence-corrected chi connectivity index (χ4v) is 2.58. The van der Waals surface area contributed by atoms with E-state index >= 15 is 0 Å². The number of fused-ring (bicyclic) bond motifs is 2.